The van der Waals surface area contributed by atoms with Crippen LogP contribution in [-0.2, 0) is 14.4 Å². The van der Waals surface area contributed by atoms with E-state index >= 15 is 0 Å². The molecule has 1 aromatic rings. The molecule has 0 radical (unpaired) electrons. The zero-order valence-electron chi connectivity index (χ0n) is 11.5. The summed E-state index contributed by atoms with van der Waals surface area (Å²) in [5, 5.41) is 9.06. The highest BCUT2D eigenvalue weighted by Gasteiger charge is 2.20. The lowest BCUT2D eigenvalue weighted by Crippen LogP contribution is -2.25. The molecule has 21 heavy (non-hydrogen) atoms. The SMILES string of the molecule is Cc1ccccc1/C(C#N)=C1/C=CC(NOS(C)(=O)=O)S1. The van der Waals surface area contributed by atoms with Crippen molar-refractivity contribution in [2.24, 2.45) is 0 Å². The second-order valence-electron chi connectivity index (χ2n) is 4.47. The van der Waals surface area contributed by atoms with Crippen LogP contribution in [0.3, 0.4) is 0 Å². The molecule has 5 nitrogen and oxygen atoms in total. The summed E-state index contributed by atoms with van der Waals surface area (Å²) in [6.45, 7) is 1.94. The molecule has 1 atom stereocenters. The van der Waals surface area contributed by atoms with Crippen LogP contribution in [0.4, 0.5) is 0 Å². The van der Waals surface area contributed by atoms with E-state index in [1.54, 1.807) is 12.2 Å². The van der Waals surface area contributed by atoms with E-state index in [-0.39, 0.29) is 5.37 Å². The van der Waals surface area contributed by atoms with E-state index in [4.69, 9.17) is 0 Å². The average Bonchev–Trinajstić information content (AvgIpc) is 2.87. The summed E-state index contributed by atoms with van der Waals surface area (Å²) in [6.07, 6.45) is 4.51. The molecule has 1 aliphatic heterocycles. The third kappa shape index (κ3) is 4.19. The summed E-state index contributed by atoms with van der Waals surface area (Å²) < 4.78 is 26.4. The molecule has 1 N–H and O–H groups in total. The minimum absolute atomic E-state index is 0.345. The average molecular weight is 322 g/mol. The van der Waals surface area contributed by atoms with E-state index in [1.165, 1.54) is 11.8 Å². The van der Waals surface area contributed by atoms with Gasteiger partial charge < -0.3 is 0 Å². The van der Waals surface area contributed by atoms with Gasteiger partial charge in [0.25, 0.3) is 10.1 Å². The lowest BCUT2D eigenvalue weighted by atomic mass is 10.0. The molecular formula is C14H14N2O3S2. The molecule has 0 saturated heterocycles. The molecule has 1 aromatic carbocycles. The fraction of sp³-hybridized carbons (Fsp3) is 0.214. The monoisotopic (exact) mass is 322 g/mol. The molecule has 0 saturated carbocycles. The molecular weight excluding hydrogens is 308 g/mol. The Morgan fingerprint density at radius 3 is 2.76 bits per heavy atom. The van der Waals surface area contributed by atoms with Gasteiger partial charge in [-0.2, -0.15) is 23.4 Å². The van der Waals surface area contributed by atoms with Crippen LogP contribution >= 0.6 is 11.8 Å². The lowest BCUT2D eigenvalue weighted by molar-refractivity contribution is 0.210. The number of allylic oxidation sites excluding steroid dienone is 2. The Kier molecular flexibility index (Phi) is 4.85. The van der Waals surface area contributed by atoms with Gasteiger partial charge in [-0.1, -0.05) is 42.1 Å². The van der Waals surface area contributed by atoms with Gasteiger partial charge in [0.05, 0.1) is 11.8 Å². The largest absolute Gasteiger partial charge is 0.280 e. The van der Waals surface area contributed by atoms with E-state index in [0.717, 1.165) is 22.3 Å². The number of aryl methyl sites for hydroxylation is 1. The van der Waals surface area contributed by atoms with Crippen LogP contribution in [0.5, 0.6) is 0 Å². The van der Waals surface area contributed by atoms with E-state index in [1.807, 2.05) is 31.2 Å². The lowest BCUT2D eigenvalue weighted by Gasteiger charge is -2.10. The molecule has 0 fully saturated rings. The van der Waals surface area contributed by atoms with E-state index in [9.17, 15) is 13.7 Å². The Balaban J connectivity index is 2.20. The van der Waals surface area contributed by atoms with Crippen molar-refractivity contribution in [1.82, 2.24) is 5.48 Å². The predicted molar refractivity (Wildman–Crippen MR) is 83.3 cm³/mol. The Morgan fingerprint density at radius 1 is 1.43 bits per heavy atom. The van der Waals surface area contributed by atoms with Gasteiger partial charge in [-0.3, -0.25) is 0 Å². The second-order valence-corrected chi connectivity index (χ2v) is 7.23. The highest BCUT2D eigenvalue weighted by Crippen LogP contribution is 2.36. The Bertz CT molecular complexity index is 746. The second kappa shape index (κ2) is 6.45. The summed E-state index contributed by atoms with van der Waals surface area (Å²) in [5.74, 6) is 0. The number of hydrogen-bond acceptors (Lipinski definition) is 6. The van der Waals surface area contributed by atoms with Gasteiger partial charge in [0.1, 0.15) is 11.4 Å². The molecule has 0 aromatic heterocycles. The van der Waals surface area contributed by atoms with Gasteiger partial charge in [-0.25, -0.2) is 0 Å². The molecule has 2 rings (SSSR count). The third-order valence-corrected chi connectivity index (χ3v) is 4.26. The van der Waals surface area contributed by atoms with E-state index in [2.05, 4.69) is 15.8 Å². The molecule has 110 valence electrons. The zero-order valence-corrected chi connectivity index (χ0v) is 13.2. The van der Waals surface area contributed by atoms with Gasteiger partial charge in [0, 0.05) is 4.91 Å². The summed E-state index contributed by atoms with van der Waals surface area (Å²) >= 11 is 1.33. The summed E-state index contributed by atoms with van der Waals surface area (Å²) in [4.78, 5) is 0.779. The van der Waals surface area contributed by atoms with Gasteiger partial charge in [0.2, 0.25) is 0 Å². The molecule has 0 spiro atoms. The number of nitrogens with zero attached hydrogens (tertiary/aromatic N) is 1. The first-order valence-electron chi connectivity index (χ1n) is 6.10. The van der Waals surface area contributed by atoms with Crippen molar-refractivity contribution >= 4 is 27.5 Å². The Hall–Kier alpha value is -1.59. The van der Waals surface area contributed by atoms with Crippen LogP contribution < -0.4 is 5.48 Å². The first kappa shape index (κ1) is 15.8. The zero-order chi connectivity index (χ0) is 15.5. The first-order valence-corrected chi connectivity index (χ1v) is 8.79. The topological polar surface area (TPSA) is 79.2 Å². The number of rotatable bonds is 4. The molecule has 0 aliphatic carbocycles. The summed E-state index contributed by atoms with van der Waals surface area (Å²) in [7, 11) is -3.55. The van der Waals surface area contributed by atoms with Crippen molar-refractivity contribution in [3.05, 3.63) is 52.4 Å². The van der Waals surface area contributed by atoms with Crippen LogP contribution in [0.1, 0.15) is 11.1 Å². The number of nitriles is 1. The Morgan fingerprint density at radius 2 is 2.14 bits per heavy atom. The maximum absolute atomic E-state index is 10.9. The molecule has 1 aliphatic rings. The number of hydrogen-bond donors (Lipinski definition) is 1. The molecule has 1 unspecified atom stereocenters. The number of hydroxylamine groups is 1. The van der Waals surface area contributed by atoms with Crippen molar-refractivity contribution in [2.45, 2.75) is 12.3 Å². The first-order chi connectivity index (χ1) is 9.90. The van der Waals surface area contributed by atoms with Gasteiger partial charge in [0.15, 0.2) is 0 Å². The van der Waals surface area contributed by atoms with Crippen molar-refractivity contribution in [3.63, 3.8) is 0 Å². The molecule has 1 heterocycles. The van der Waals surface area contributed by atoms with Gasteiger partial charge in [-0.15, -0.1) is 0 Å². The van der Waals surface area contributed by atoms with Crippen LogP contribution in [0, 0.1) is 18.3 Å². The summed E-state index contributed by atoms with van der Waals surface area (Å²) in [5.41, 5.74) is 4.89. The molecule has 0 amide bonds. The Labute approximate surface area is 128 Å². The highest BCUT2D eigenvalue weighted by atomic mass is 32.2. The molecule has 0 bridgehead atoms. The summed E-state index contributed by atoms with van der Waals surface area (Å²) in [6, 6.07) is 9.85. The van der Waals surface area contributed by atoms with Crippen molar-refractivity contribution < 1.29 is 12.7 Å². The minimum atomic E-state index is -3.55. The molecule has 7 heteroatoms. The van der Waals surface area contributed by atoms with Crippen LogP contribution in [-0.4, -0.2) is 20.0 Å². The maximum atomic E-state index is 10.9. The fourth-order valence-electron chi connectivity index (χ4n) is 1.83. The van der Waals surface area contributed by atoms with Crippen molar-refractivity contribution in [2.75, 3.05) is 6.26 Å². The fourth-order valence-corrected chi connectivity index (χ4v) is 3.13. The standard InChI is InChI=1S/C14H14N2O3S2/c1-10-5-3-4-6-11(10)12(9-15)13-7-8-14(20-13)16-19-21(2,17)18/h3-8,14,16H,1-2H3/b13-12-. The predicted octanol–water partition coefficient (Wildman–Crippen LogP) is 2.34. The highest BCUT2D eigenvalue weighted by molar-refractivity contribution is 8.04. The number of nitrogens with one attached hydrogen (secondary N) is 1. The quantitative estimate of drug-likeness (QED) is 0.677. The number of thioether (sulfide) groups is 1. The minimum Gasteiger partial charge on any atom is -0.198 e. The normalized spacial score (nSPS) is 20.3. The van der Waals surface area contributed by atoms with E-state index < -0.39 is 10.1 Å². The maximum Gasteiger partial charge on any atom is 0.280 e. The van der Waals surface area contributed by atoms with Crippen molar-refractivity contribution in [1.29, 1.82) is 5.26 Å². The number of benzene rings is 1. The van der Waals surface area contributed by atoms with Gasteiger partial charge >= 0.3 is 0 Å². The van der Waals surface area contributed by atoms with Crippen LogP contribution in [0.2, 0.25) is 0 Å². The van der Waals surface area contributed by atoms with Crippen molar-refractivity contribution in [3.8, 4) is 6.07 Å². The van der Waals surface area contributed by atoms with Gasteiger partial charge in [-0.05, 0) is 24.1 Å². The smallest absolute Gasteiger partial charge is 0.198 e. The van der Waals surface area contributed by atoms with E-state index in [0.29, 0.717) is 5.57 Å². The van der Waals surface area contributed by atoms with Crippen LogP contribution in [0.25, 0.3) is 5.57 Å². The van der Waals surface area contributed by atoms with Crippen LogP contribution in [0.15, 0.2) is 41.3 Å². The third-order valence-electron chi connectivity index (χ3n) is 2.76.